The van der Waals surface area contributed by atoms with Gasteiger partial charge in [0.2, 0.25) is 5.91 Å². The molecule has 6 heteroatoms. The summed E-state index contributed by atoms with van der Waals surface area (Å²) in [6.45, 7) is 3.58. The molecule has 0 spiro atoms. The summed E-state index contributed by atoms with van der Waals surface area (Å²) in [7, 11) is 1.34. The van der Waals surface area contributed by atoms with Gasteiger partial charge in [-0.15, -0.1) is 0 Å². The first-order chi connectivity index (χ1) is 7.93. The standard InChI is InChI=1S/C11H20N2O4/c1-11(16)7-13(8-11)6-9(14)12-5-3-4-10(15)17-2/h16H,3-8H2,1-2H3,(H,12,14). The Hall–Kier alpha value is -1.14. The van der Waals surface area contributed by atoms with Gasteiger partial charge in [0.05, 0.1) is 19.3 Å². The molecule has 0 saturated carbocycles. The molecule has 0 aromatic heterocycles. The average molecular weight is 244 g/mol. The fourth-order valence-electron chi connectivity index (χ4n) is 1.85. The molecule has 1 fully saturated rings. The van der Waals surface area contributed by atoms with Crippen LogP contribution in [0.2, 0.25) is 0 Å². The quantitative estimate of drug-likeness (QED) is 0.469. The maximum atomic E-state index is 11.4. The fraction of sp³-hybridized carbons (Fsp3) is 0.818. The first-order valence-electron chi connectivity index (χ1n) is 5.71. The van der Waals surface area contributed by atoms with Gasteiger partial charge in [-0.1, -0.05) is 0 Å². The summed E-state index contributed by atoms with van der Waals surface area (Å²) in [6.07, 6.45) is 0.894. The molecule has 1 heterocycles. The van der Waals surface area contributed by atoms with Gasteiger partial charge in [-0.3, -0.25) is 14.5 Å². The number of β-amino-alcohol motifs (C(OH)–C–C–N with tert-alkyl or cyclic N) is 1. The lowest BCUT2D eigenvalue weighted by Crippen LogP contribution is -2.61. The Balaban J connectivity index is 2.01. The third-order valence-corrected chi connectivity index (χ3v) is 2.60. The molecule has 17 heavy (non-hydrogen) atoms. The molecule has 0 aromatic carbocycles. The summed E-state index contributed by atoms with van der Waals surface area (Å²) in [6, 6.07) is 0. The molecule has 1 amide bonds. The predicted molar refractivity (Wildman–Crippen MR) is 61.3 cm³/mol. The van der Waals surface area contributed by atoms with Crippen molar-refractivity contribution in [3.63, 3.8) is 0 Å². The van der Waals surface area contributed by atoms with Crippen LogP contribution < -0.4 is 5.32 Å². The second-order valence-electron chi connectivity index (χ2n) is 4.67. The number of carbonyl (C=O) groups excluding carboxylic acids is 2. The van der Waals surface area contributed by atoms with Crippen LogP contribution in [0.1, 0.15) is 19.8 Å². The highest BCUT2D eigenvalue weighted by Gasteiger charge is 2.36. The molecule has 1 saturated heterocycles. The number of hydrogen-bond acceptors (Lipinski definition) is 5. The van der Waals surface area contributed by atoms with E-state index in [1.54, 1.807) is 6.92 Å². The number of amides is 1. The molecule has 1 rings (SSSR count). The summed E-state index contributed by atoms with van der Waals surface area (Å²) in [4.78, 5) is 24.1. The maximum Gasteiger partial charge on any atom is 0.305 e. The lowest BCUT2D eigenvalue weighted by molar-refractivity contribution is -0.141. The molecule has 1 aliphatic heterocycles. The molecule has 0 unspecified atom stereocenters. The number of carbonyl (C=O) groups is 2. The van der Waals surface area contributed by atoms with Crippen molar-refractivity contribution < 1.29 is 19.4 Å². The van der Waals surface area contributed by atoms with E-state index in [4.69, 9.17) is 0 Å². The molecule has 2 N–H and O–H groups in total. The van der Waals surface area contributed by atoms with E-state index in [-0.39, 0.29) is 11.9 Å². The highest BCUT2D eigenvalue weighted by atomic mass is 16.5. The van der Waals surface area contributed by atoms with Crippen LogP contribution >= 0.6 is 0 Å². The monoisotopic (exact) mass is 244 g/mol. The number of ether oxygens (including phenoxy) is 1. The highest BCUT2D eigenvalue weighted by molar-refractivity contribution is 5.78. The summed E-state index contributed by atoms with van der Waals surface area (Å²) in [5.74, 6) is -0.344. The van der Waals surface area contributed by atoms with Crippen LogP contribution in [0, 0.1) is 0 Å². The van der Waals surface area contributed by atoms with Gasteiger partial charge < -0.3 is 15.2 Å². The molecule has 0 aliphatic carbocycles. The molecule has 0 bridgehead atoms. The predicted octanol–water partition coefficient (Wildman–Crippen LogP) is -0.878. The van der Waals surface area contributed by atoms with Crippen molar-refractivity contribution in [1.82, 2.24) is 10.2 Å². The van der Waals surface area contributed by atoms with E-state index in [1.165, 1.54) is 7.11 Å². The van der Waals surface area contributed by atoms with Crippen molar-refractivity contribution >= 4 is 11.9 Å². The van der Waals surface area contributed by atoms with Gasteiger partial charge in [0.25, 0.3) is 0 Å². The zero-order valence-corrected chi connectivity index (χ0v) is 10.4. The zero-order chi connectivity index (χ0) is 12.9. The lowest BCUT2D eigenvalue weighted by Gasteiger charge is -2.43. The summed E-state index contributed by atoms with van der Waals surface area (Å²) in [5.41, 5.74) is -0.648. The number of rotatable bonds is 6. The van der Waals surface area contributed by atoms with Crippen molar-refractivity contribution in [3.05, 3.63) is 0 Å². The smallest absolute Gasteiger partial charge is 0.305 e. The van der Waals surface area contributed by atoms with Crippen molar-refractivity contribution in [2.24, 2.45) is 0 Å². The minimum absolute atomic E-state index is 0.0784. The van der Waals surface area contributed by atoms with Gasteiger partial charge in [0, 0.05) is 26.1 Å². The van der Waals surface area contributed by atoms with Crippen LogP contribution in [0.4, 0.5) is 0 Å². The Kier molecular flexibility index (Phi) is 4.89. The zero-order valence-electron chi connectivity index (χ0n) is 10.4. The third kappa shape index (κ3) is 5.14. The Labute approximate surface area is 101 Å². The van der Waals surface area contributed by atoms with Gasteiger partial charge in [-0.05, 0) is 13.3 Å². The van der Waals surface area contributed by atoms with E-state index in [9.17, 15) is 14.7 Å². The fourth-order valence-corrected chi connectivity index (χ4v) is 1.85. The molecule has 0 aromatic rings. The minimum Gasteiger partial charge on any atom is -0.469 e. The van der Waals surface area contributed by atoms with Crippen molar-refractivity contribution in [3.8, 4) is 0 Å². The second kappa shape index (κ2) is 5.97. The highest BCUT2D eigenvalue weighted by Crippen LogP contribution is 2.18. The van der Waals surface area contributed by atoms with Crippen LogP contribution in [-0.2, 0) is 14.3 Å². The van der Waals surface area contributed by atoms with Crippen molar-refractivity contribution in [2.75, 3.05) is 33.3 Å². The van der Waals surface area contributed by atoms with E-state index >= 15 is 0 Å². The Bertz CT molecular complexity index is 283. The molecule has 0 radical (unpaired) electrons. The number of hydrogen-bond donors (Lipinski definition) is 2. The maximum absolute atomic E-state index is 11.4. The third-order valence-electron chi connectivity index (χ3n) is 2.60. The van der Waals surface area contributed by atoms with Gasteiger partial charge >= 0.3 is 5.97 Å². The number of aliphatic hydroxyl groups is 1. The minimum atomic E-state index is -0.648. The van der Waals surface area contributed by atoms with Crippen LogP contribution in [0.5, 0.6) is 0 Å². The first kappa shape index (κ1) is 13.9. The SMILES string of the molecule is COC(=O)CCCNC(=O)CN1CC(C)(O)C1. The van der Waals surface area contributed by atoms with E-state index in [0.29, 0.717) is 39.0 Å². The number of nitrogens with one attached hydrogen (secondary N) is 1. The van der Waals surface area contributed by atoms with Gasteiger partial charge in [-0.2, -0.15) is 0 Å². The number of methoxy groups -OCH3 is 1. The second-order valence-corrected chi connectivity index (χ2v) is 4.67. The summed E-state index contributed by atoms with van der Waals surface area (Å²) >= 11 is 0. The van der Waals surface area contributed by atoms with E-state index in [0.717, 1.165) is 0 Å². The average Bonchev–Trinajstić information content (AvgIpc) is 2.21. The molecular formula is C11H20N2O4. The number of likely N-dealkylation sites (tertiary alicyclic amines) is 1. The summed E-state index contributed by atoms with van der Waals surface area (Å²) in [5, 5.41) is 12.2. The number of nitrogens with zero attached hydrogens (tertiary/aromatic N) is 1. The van der Waals surface area contributed by atoms with Crippen molar-refractivity contribution in [1.29, 1.82) is 0 Å². The molecule has 98 valence electrons. The van der Waals surface area contributed by atoms with Gasteiger partial charge in [0.15, 0.2) is 0 Å². The van der Waals surface area contributed by atoms with E-state index < -0.39 is 5.60 Å². The van der Waals surface area contributed by atoms with Crippen LogP contribution in [0.25, 0.3) is 0 Å². The molecular weight excluding hydrogens is 224 g/mol. The summed E-state index contributed by atoms with van der Waals surface area (Å²) < 4.78 is 4.48. The Morgan fingerprint density at radius 3 is 2.65 bits per heavy atom. The Morgan fingerprint density at radius 2 is 2.12 bits per heavy atom. The topological polar surface area (TPSA) is 78.9 Å². The van der Waals surface area contributed by atoms with E-state index in [2.05, 4.69) is 10.1 Å². The van der Waals surface area contributed by atoms with Gasteiger partial charge in [-0.25, -0.2) is 0 Å². The number of esters is 1. The molecule has 6 nitrogen and oxygen atoms in total. The Morgan fingerprint density at radius 1 is 1.47 bits per heavy atom. The molecule has 1 aliphatic rings. The molecule has 0 atom stereocenters. The largest absolute Gasteiger partial charge is 0.469 e. The lowest BCUT2D eigenvalue weighted by atomic mass is 9.97. The van der Waals surface area contributed by atoms with Crippen molar-refractivity contribution in [2.45, 2.75) is 25.4 Å². The van der Waals surface area contributed by atoms with Gasteiger partial charge in [0.1, 0.15) is 0 Å². The first-order valence-corrected chi connectivity index (χ1v) is 5.71. The van der Waals surface area contributed by atoms with Crippen LogP contribution in [0.3, 0.4) is 0 Å². The van der Waals surface area contributed by atoms with Crippen LogP contribution in [0.15, 0.2) is 0 Å². The van der Waals surface area contributed by atoms with E-state index in [1.807, 2.05) is 4.90 Å². The van der Waals surface area contributed by atoms with Crippen LogP contribution in [-0.4, -0.2) is 60.8 Å². The normalized spacial score (nSPS) is 18.3.